The average molecular weight is 905 g/mol. The number of unbranched alkanes of at least 4 members (excludes halogenated alkanes) is 2. The fraction of sp³-hybridized carbons (Fsp3) is 0.288. The summed E-state index contributed by atoms with van der Waals surface area (Å²) in [5.74, 6) is 3.11. The van der Waals surface area contributed by atoms with Crippen LogP contribution in [0.3, 0.4) is 0 Å². The second-order valence-electron chi connectivity index (χ2n) is 16.1. The number of aromatic nitrogens is 2. The van der Waals surface area contributed by atoms with E-state index in [2.05, 4.69) is 88.0 Å². The topological polar surface area (TPSA) is 144 Å². The Morgan fingerprint density at radius 3 is 1.74 bits per heavy atom. The van der Waals surface area contributed by atoms with Crippen LogP contribution < -0.4 is 20.1 Å². The number of nitrogens with one attached hydrogen (secondary N) is 2. The van der Waals surface area contributed by atoms with Crippen molar-refractivity contribution in [3.8, 4) is 11.5 Å². The summed E-state index contributed by atoms with van der Waals surface area (Å²) in [6.07, 6.45) is 12.6. The molecule has 2 saturated heterocycles. The van der Waals surface area contributed by atoms with Crippen molar-refractivity contribution in [2.75, 3.05) is 19.0 Å². The van der Waals surface area contributed by atoms with Crippen LogP contribution in [0.5, 0.6) is 11.5 Å². The molecule has 0 radical (unpaired) electrons. The lowest BCUT2D eigenvalue weighted by Gasteiger charge is -2.09. The number of thioether (sulfide) groups is 2. The summed E-state index contributed by atoms with van der Waals surface area (Å²) >= 11 is 2.91. The Hall–Kier alpha value is -6.31. The predicted molar refractivity (Wildman–Crippen MR) is 264 cm³/mol. The van der Waals surface area contributed by atoms with Crippen molar-refractivity contribution in [3.63, 3.8) is 0 Å². The standard InChI is InChI=1S/C26H25N3O2S.C14H15NO2.C12H12N2OS/c1-2-3-13-31-23-11-12-27-21-10-9-17(14-20(21)23)15-24-25(30)29-26(32-24)28-22-16-19(22)18-7-5-4-6-8-18;1-2-3-8-17-14-6-7-15-13-5-4-11(10-16)9-12(13)14;15-11-7-16-12(14-11)13-10-6-9(10)8-4-2-1-3-5-8/h4-12,14-15,19,22H,2-3,13,16H2,1H3,(H,28,29,30);4-7,9-10H,2-3,8H2,1H3;1-5,9-10H,6-7H2,(H,13,14,15)/b24-15-;;/t19-,22+;;9-,10+/m1.1/s1. The van der Waals surface area contributed by atoms with Crippen LogP contribution in [0.4, 0.5) is 0 Å². The number of aldehydes is 1. The van der Waals surface area contributed by atoms with Crippen LogP contribution in [0.15, 0.2) is 136 Å². The first-order valence-corrected chi connectivity index (χ1v) is 24.1. The number of amides is 2. The zero-order chi connectivity index (χ0) is 45.0. The van der Waals surface area contributed by atoms with Gasteiger partial charge in [-0.25, -0.2) is 0 Å². The molecule has 2 aliphatic heterocycles. The van der Waals surface area contributed by atoms with Crippen LogP contribution in [0.2, 0.25) is 0 Å². The molecule has 332 valence electrons. The average Bonchev–Trinajstić information content (AvgIpc) is 4.22. The smallest absolute Gasteiger partial charge is 0.264 e. The maximum atomic E-state index is 12.5. The summed E-state index contributed by atoms with van der Waals surface area (Å²) in [5.41, 5.74) is 5.99. The van der Waals surface area contributed by atoms with Crippen LogP contribution >= 0.6 is 23.5 Å². The molecule has 11 nitrogen and oxygen atoms in total. The molecular weight excluding hydrogens is 853 g/mol. The fourth-order valence-electron chi connectivity index (χ4n) is 7.45. The molecule has 0 bridgehead atoms. The van der Waals surface area contributed by atoms with Crippen molar-refractivity contribution in [1.29, 1.82) is 0 Å². The normalized spacial score (nSPS) is 21.3. The Balaban J connectivity index is 0.000000147. The van der Waals surface area contributed by atoms with Crippen LogP contribution in [0, 0.1) is 0 Å². The highest BCUT2D eigenvalue weighted by Crippen LogP contribution is 2.45. The first-order valence-electron chi connectivity index (χ1n) is 22.3. The van der Waals surface area contributed by atoms with Crippen molar-refractivity contribution in [2.45, 2.75) is 76.3 Å². The van der Waals surface area contributed by atoms with Crippen molar-refractivity contribution >= 4 is 79.8 Å². The SMILES string of the molecule is CCCCOc1ccnc2ccc(/C=C3\SC(=N[C@H]4C[C@@H]4c4ccccc4)NC3=O)cc12.CCCCOc1ccnc2ccc(C=O)cc12.O=C1CSC(=N[C@H]2C[C@@H]2c2ccccc2)N1. The van der Waals surface area contributed by atoms with Gasteiger partial charge in [0.2, 0.25) is 5.91 Å². The van der Waals surface area contributed by atoms with Gasteiger partial charge in [-0.3, -0.25) is 34.3 Å². The Morgan fingerprint density at radius 2 is 1.22 bits per heavy atom. The third-order valence-corrected chi connectivity index (χ3v) is 13.0. The molecule has 2 saturated carbocycles. The highest BCUT2D eigenvalue weighted by atomic mass is 32.2. The van der Waals surface area contributed by atoms with Gasteiger partial charge < -0.3 is 20.1 Å². The molecule has 4 aliphatic rings. The number of hydrogen-bond acceptors (Lipinski definition) is 11. The molecule has 4 atom stereocenters. The van der Waals surface area contributed by atoms with E-state index >= 15 is 0 Å². The minimum atomic E-state index is -0.101. The molecule has 4 aromatic carbocycles. The molecule has 2 aromatic heterocycles. The highest BCUT2D eigenvalue weighted by Gasteiger charge is 2.40. The molecule has 10 rings (SSSR count). The number of ether oxygens (including phenoxy) is 2. The van der Waals surface area contributed by atoms with E-state index in [9.17, 15) is 14.4 Å². The second-order valence-corrected chi connectivity index (χ2v) is 18.1. The number of fused-ring (bicyclic) bond motifs is 2. The quantitative estimate of drug-likeness (QED) is 0.0620. The molecule has 65 heavy (non-hydrogen) atoms. The number of pyridine rings is 2. The van der Waals surface area contributed by atoms with Crippen molar-refractivity contribution in [2.24, 2.45) is 9.98 Å². The van der Waals surface area contributed by atoms with Crippen molar-refractivity contribution in [1.82, 2.24) is 20.6 Å². The summed E-state index contributed by atoms with van der Waals surface area (Å²) in [6.45, 7) is 5.65. The molecule has 4 heterocycles. The monoisotopic (exact) mass is 904 g/mol. The van der Waals surface area contributed by atoms with E-state index in [0.29, 0.717) is 52.5 Å². The zero-order valence-electron chi connectivity index (χ0n) is 36.5. The van der Waals surface area contributed by atoms with Gasteiger partial charge in [0.1, 0.15) is 17.8 Å². The lowest BCUT2D eigenvalue weighted by molar-refractivity contribution is -0.117. The number of amidine groups is 2. The lowest BCUT2D eigenvalue weighted by Crippen LogP contribution is -2.20. The van der Waals surface area contributed by atoms with Gasteiger partial charge in [0, 0.05) is 40.6 Å². The van der Waals surface area contributed by atoms with E-state index in [4.69, 9.17) is 14.5 Å². The second kappa shape index (κ2) is 22.1. The van der Waals surface area contributed by atoms with E-state index in [1.54, 1.807) is 18.5 Å². The minimum absolute atomic E-state index is 0.0701. The minimum Gasteiger partial charge on any atom is -0.493 e. The first-order chi connectivity index (χ1) is 31.9. The number of nitrogens with zero attached hydrogens (tertiary/aromatic N) is 4. The molecule has 2 amide bonds. The molecule has 2 aliphatic carbocycles. The van der Waals surface area contributed by atoms with Gasteiger partial charge in [-0.15, -0.1) is 0 Å². The predicted octanol–water partition coefficient (Wildman–Crippen LogP) is 10.5. The molecule has 2 N–H and O–H groups in total. The van der Waals surface area contributed by atoms with Gasteiger partial charge in [0.15, 0.2) is 10.3 Å². The molecule has 4 fully saturated rings. The number of hydrogen-bond donors (Lipinski definition) is 2. The third kappa shape index (κ3) is 12.3. The fourth-order valence-corrected chi connectivity index (χ4v) is 9.06. The van der Waals surface area contributed by atoms with E-state index in [1.165, 1.54) is 34.7 Å². The van der Waals surface area contributed by atoms with Crippen LogP contribution in [-0.4, -0.2) is 69.5 Å². The van der Waals surface area contributed by atoms with E-state index < -0.39 is 0 Å². The lowest BCUT2D eigenvalue weighted by atomic mass is 10.1. The summed E-state index contributed by atoms with van der Waals surface area (Å²) in [6, 6.07) is 36.6. The number of benzene rings is 4. The zero-order valence-corrected chi connectivity index (χ0v) is 38.2. The van der Waals surface area contributed by atoms with Crippen molar-refractivity contribution in [3.05, 3.63) is 149 Å². The van der Waals surface area contributed by atoms with Gasteiger partial charge in [0.05, 0.1) is 47.0 Å². The number of aliphatic imine (C=N–C) groups is 2. The van der Waals surface area contributed by atoms with Gasteiger partial charge in [-0.1, -0.05) is 105 Å². The number of rotatable bonds is 14. The molecule has 13 heteroatoms. The van der Waals surface area contributed by atoms with Gasteiger partial charge in [0.25, 0.3) is 5.91 Å². The third-order valence-electron chi connectivity index (χ3n) is 11.2. The van der Waals surface area contributed by atoms with Gasteiger partial charge in [-0.2, -0.15) is 0 Å². The van der Waals surface area contributed by atoms with E-state index in [-0.39, 0.29) is 17.9 Å². The highest BCUT2D eigenvalue weighted by molar-refractivity contribution is 8.18. The summed E-state index contributed by atoms with van der Waals surface area (Å²) < 4.78 is 11.7. The Labute approximate surface area is 388 Å². The Kier molecular flexibility index (Phi) is 15.4. The first kappa shape index (κ1) is 45.3. The van der Waals surface area contributed by atoms with E-state index in [0.717, 1.165) is 88.8 Å². The van der Waals surface area contributed by atoms with Crippen LogP contribution in [0.1, 0.15) is 91.3 Å². The Bertz CT molecular complexity index is 2730. The van der Waals surface area contributed by atoms with E-state index in [1.807, 2.05) is 60.7 Å². The maximum Gasteiger partial charge on any atom is 0.264 e. The van der Waals surface area contributed by atoms with Crippen LogP contribution in [-0.2, 0) is 9.59 Å². The van der Waals surface area contributed by atoms with Crippen LogP contribution in [0.25, 0.3) is 27.9 Å². The number of carbonyl (C=O) groups excluding carboxylic acids is 3. The molecule has 0 spiro atoms. The van der Waals surface area contributed by atoms with Gasteiger partial charge >= 0.3 is 0 Å². The molecule has 0 unspecified atom stereocenters. The number of carbonyl (C=O) groups is 3. The molecular formula is C52H52N6O5S2. The molecule has 6 aromatic rings. The summed E-state index contributed by atoms with van der Waals surface area (Å²) in [7, 11) is 0. The van der Waals surface area contributed by atoms with Crippen molar-refractivity contribution < 1.29 is 23.9 Å². The summed E-state index contributed by atoms with van der Waals surface area (Å²) in [5, 5.41) is 9.03. The van der Waals surface area contributed by atoms with Gasteiger partial charge in [-0.05, 0) is 103 Å². The Morgan fingerprint density at radius 1 is 0.677 bits per heavy atom. The largest absolute Gasteiger partial charge is 0.493 e. The maximum absolute atomic E-state index is 12.5. The summed E-state index contributed by atoms with van der Waals surface area (Å²) in [4.78, 5) is 52.9.